The number of rotatable bonds is 3. The maximum Gasteiger partial charge on any atom is 0.354 e. The van der Waals surface area contributed by atoms with Gasteiger partial charge in [-0.15, -0.1) is 0 Å². The van der Waals surface area contributed by atoms with Gasteiger partial charge in [0.05, 0.1) is 18.7 Å². The molecule has 1 aromatic carbocycles. The molecular formula is C17H15Cl2N3O5. The van der Waals surface area contributed by atoms with Crippen molar-refractivity contribution in [2.24, 2.45) is 5.10 Å². The molecule has 3 amide bonds. The van der Waals surface area contributed by atoms with Crippen LogP contribution in [0.3, 0.4) is 0 Å². The summed E-state index contributed by atoms with van der Waals surface area (Å²) >= 11 is 11.9. The lowest BCUT2D eigenvalue weighted by atomic mass is 9.91. The van der Waals surface area contributed by atoms with Gasteiger partial charge in [-0.2, -0.15) is 5.10 Å². The van der Waals surface area contributed by atoms with E-state index in [0.717, 1.165) is 9.91 Å². The first-order valence-electron chi connectivity index (χ1n) is 8.08. The minimum atomic E-state index is -1.60. The summed E-state index contributed by atoms with van der Waals surface area (Å²) < 4.78 is 4.91. The second-order valence-corrected chi connectivity index (χ2v) is 7.02. The maximum absolute atomic E-state index is 13.2. The molecule has 0 N–H and O–H groups in total. The number of halogens is 2. The molecule has 1 spiro atoms. The minimum absolute atomic E-state index is 0.0841. The van der Waals surface area contributed by atoms with Gasteiger partial charge in [0.2, 0.25) is 11.8 Å². The van der Waals surface area contributed by atoms with E-state index in [1.165, 1.54) is 25.1 Å². The van der Waals surface area contributed by atoms with Crippen molar-refractivity contribution < 1.29 is 23.9 Å². The predicted molar refractivity (Wildman–Crippen MR) is 97.5 cm³/mol. The summed E-state index contributed by atoms with van der Waals surface area (Å²) in [5.74, 6) is -2.53. The number of imide groups is 1. The fraction of sp³-hybridized carbons (Fsp3) is 0.353. The summed E-state index contributed by atoms with van der Waals surface area (Å²) in [4.78, 5) is 50.9. The molecule has 3 rings (SSSR count). The Bertz CT molecular complexity index is 880. The van der Waals surface area contributed by atoms with Crippen molar-refractivity contribution in [1.82, 2.24) is 5.01 Å². The number of ether oxygens (including phenoxy) is 1. The number of carbonyl (C=O) groups is 4. The van der Waals surface area contributed by atoms with Crippen molar-refractivity contribution in [3.63, 3.8) is 0 Å². The smallest absolute Gasteiger partial charge is 0.354 e. The van der Waals surface area contributed by atoms with Crippen molar-refractivity contribution in [3.05, 3.63) is 28.2 Å². The Balaban J connectivity index is 2.01. The average Bonchev–Trinajstić information content (AvgIpc) is 3.06. The molecule has 2 aliphatic rings. The van der Waals surface area contributed by atoms with Crippen LogP contribution in [-0.2, 0) is 23.9 Å². The molecule has 0 aliphatic carbocycles. The molecule has 0 saturated carbocycles. The van der Waals surface area contributed by atoms with Crippen molar-refractivity contribution in [2.45, 2.75) is 32.2 Å². The Morgan fingerprint density at radius 2 is 1.81 bits per heavy atom. The van der Waals surface area contributed by atoms with Crippen molar-refractivity contribution in [3.8, 4) is 0 Å². The predicted octanol–water partition coefficient (Wildman–Crippen LogP) is 2.17. The van der Waals surface area contributed by atoms with Gasteiger partial charge in [0.25, 0.3) is 5.91 Å². The van der Waals surface area contributed by atoms with Gasteiger partial charge in [0.1, 0.15) is 5.71 Å². The molecule has 10 heteroatoms. The van der Waals surface area contributed by atoms with Crippen LogP contribution in [0.1, 0.15) is 26.7 Å². The fourth-order valence-electron chi connectivity index (χ4n) is 3.26. The van der Waals surface area contributed by atoms with E-state index in [1.807, 2.05) is 0 Å². The first-order chi connectivity index (χ1) is 12.7. The number of carbonyl (C=O) groups excluding carboxylic acids is 4. The van der Waals surface area contributed by atoms with Gasteiger partial charge in [0, 0.05) is 23.4 Å². The van der Waals surface area contributed by atoms with Crippen LogP contribution in [0.25, 0.3) is 0 Å². The highest BCUT2D eigenvalue weighted by molar-refractivity contribution is 6.40. The Morgan fingerprint density at radius 3 is 2.37 bits per heavy atom. The summed E-state index contributed by atoms with van der Waals surface area (Å²) in [7, 11) is 0. The van der Waals surface area contributed by atoms with E-state index in [0.29, 0.717) is 0 Å². The van der Waals surface area contributed by atoms with Crippen LogP contribution in [-0.4, -0.2) is 46.6 Å². The second kappa shape index (κ2) is 6.94. The van der Waals surface area contributed by atoms with Gasteiger partial charge in [-0.3, -0.25) is 14.4 Å². The van der Waals surface area contributed by atoms with E-state index in [4.69, 9.17) is 27.9 Å². The van der Waals surface area contributed by atoms with Crippen molar-refractivity contribution in [2.75, 3.05) is 11.5 Å². The maximum atomic E-state index is 13.2. The first-order valence-corrected chi connectivity index (χ1v) is 8.84. The van der Waals surface area contributed by atoms with E-state index in [1.54, 1.807) is 6.92 Å². The largest absolute Gasteiger partial charge is 0.461 e. The second-order valence-electron chi connectivity index (χ2n) is 6.15. The molecule has 1 fully saturated rings. The fourth-order valence-corrected chi connectivity index (χ4v) is 3.78. The number of benzene rings is 1. The normalized spacial score (nSPS) is 21.9. The molecule has 142 valence electrons. The molecule has 8 nitrogen and oxygen atoms in total. The average molecular weight is 412 g/mol. The highest BCUT2D eigenvalue weighted by Gasteiger charge is 2.61. The molecule has 1 saturated heterocycles. The molecule has 0 radical (unpaired) electrons. The van der Waals surface area contributed by atoms with Crippen LogP contribution in [0, 0.1) is 0 Å². The molecule has 0 unspecified atom stereocenters. The number of esters is 1. The van der Waals surface area contributed by atoms with Gasteiger partial charge < -0.3 is 4.74 Å². The van der Waals surface area contributed by atoms with Crippen LogP contribution in [0.2, 0.25) is 10.0 Å². The highest BCUT2D eigenvalue weighted by atomic mass is 35.5. The highest BCUT2D eigenvalue weighted by Crippen LogP contribution is 2.41. The van der Waals surface area contributed by atoms with E-state index in [2.05, 4.69) is 5.10 Å². The van der Waals surface area contributed by atoms with Crippen LogP contribution >= 0.6 is 23.2 Å². The SMILES string of the molecule is CCOC(=O)C1=NN(C(C)=O)[C@]2(CC(=O)N(c3cc(Cl)cc(Cl)c3)C2=O)C1. The van der Waals surface area contributed by atoms with E-state index in [-0.39, 0.29) is 40.9 Å². The summed E-state index contributed by atoms with van der Waals surface area (Å²) in [5.41, 5.74) is -1.49. The van der Waals surface area contributed by atoms with Crippen LogP contribution < -0.4 is 4.90 Å². The Labute approximate surface area is 164 Å². The molecule has 0 aromatic heterocycles. The number of anilines is 1. The lowest BCUT2D eigenvalue weighted by molar-refractivity contribution is -0.141. The van der Waals surface area contributed by atoms with Crippen molar-refractivity contribution in [1.29, 1.82) is 0 Å². The Kier molecular flexibility index (Phi) is 4.96. The van der Waals surface area contributed by atoms with Crippen LogP contribution in [0.15, 0.2) is 23.3 Å². The summed E-state index contributed by atoms with van der Waals surface area (Å²) in [5, 5.41) is 5.35. The monoisotopic (exact) mass is 411 g/mol. The van der Waals surface area contributed by atoms with E-state index < -0.39 is 29.2 Å². The number of nitrogens with zero attached hydrogens (tertiary/aromatic N) is 3. The molecule has 0 bridgehead atoms. The van der Waals surface area contributed by atoms with Gasteiger partial charge in [-0.05, 0) is 25.1 Å². The summed E-state index contributed by atoms with van der Waals surface area (Å²) in [6, 6.07) is 4.30. The molecule has 1 aromatic rings. The third-order valence-corrected chi connectivity index (χ3v) is 4.73. The van der Waals surface area contributed by atoms with Gasteiger partial charge >= 0.3 is 5.97 Å². The molecule has 1 atom stereocenters. The van der Waals surface area contributed by atoms with E-state index >= 15 is 0 Å². The summed E-state index contributed by atoms with van der Waals surface area (Å²) in [6.07, 6.45) is -0.525. The van der Waals surface area contributed by atoms with Gasteiger partial charge in [-0.25, -0.2) is 14.7 Å². The standard InChI is InChI=1S/C17H15Cl2N3O5/c1-3-27-15(25)13-7-17(22(20-13)9(2)23)8-14(24)21(16(17)26)12-5-10(18)4-11(19)6-12/h4-6H,3,7-8H2,1-2H3/t17-/m0/s1. The Morgan fingerprint density at radius 1 is 1.19 bits per heavy atom. The first kappa shape index (κ1) is 19.3. The van der Waals surface area contributed by atoms with Crippen LogP contribution in [0.5, 0.6) is 0 Å². The zero-order valence-electron chi connectivity index (χ0n) is 14.5. The number of hydrogen-bond donors (Lipinski definition) is 0. The summed E-state index contributed by atoms with van der Waals surface area (Å²) in [6.45, 7) is 2.95. The third kappa shape index (κ3) is 3.19. The Hall–Kier alpha value is -2.45. The molecule has 27 heavy (non-hydrogen) atoms. The van der Waals surface area contributed by atoms with Gasteiger partial charge in [-0.1, -0.05) is 23.2 Å². The topological polar surface area (TPSA) is 96.3 Å². The molecule has 2 aliphatic heterocycles. The number of amides is 3. The molecule has 2 heterocycles. The zero-order chi connectivity index (χ0) is 19.9. The zero-order valence-corrected chi connectivity index (χ0v) is 16.0. The number of hydrazone groups is 1. The lowest BCUT2D eigenvalue weighted by Crippen LogP contribution is -2.51. The quantitative estimate of drug-likeness (QED) is 0.560. The third-order valence-electron chi connectivity index (χ3n) is 4.30. The minimum Gasteiger partial charge on any atom is -0.461 e. The van der Waals surface area contributed by atoms with E-state index in [9.17, 15) is 19.2 Å². The van der Waals surface area contributed by atoms with Crippen molar-refractivity contribution >= 4 is 58.3 Å². The molecular weight excluding hydrogens is 397 g/mol. The lowest BCUT2D eigenvalue weighted by Gasteiger charge is -2.29. The van der Waals surface area contributed by atoms with Gasteiger partial charge in [0.15, 0.2) is 5.54 Å². The number of hydrogen-bond acceptors (Lipinski definition) is 6. The van der Waals surface area contributed by atoms with Crippen LogP contribution in [0.4, 0.5) is 5.69 Å².